The second kappa shape index (κ2) is 9.44. The molecule has 0 aliphatic heterocycles. The van der Waals surface area contributed by atoms with E-state index in [0.717, 1.165) is 11.5 Å². The third kappa shape index (κ3) is 4.49. The van der Waals surface area contributed by atoms with Crippen molar-refractivity contribution in [1.29, 1.82) is 0 Å². The van der Waals surface area contributed by atoms with Crippen LogP contribution in [-0.4, -0.2) is 5.60 Å². The lowest BCUT2D eigenvalue weighted by Crippen LogP contribution is -2.29. The molecule has 1 aliphatic rings. The Morgan fingerprint density at radius 3 is 1.62 bits per heavy atom. The van der Waals surface area contributed by atoms with Gasteiger partial charge in [-0.15, -0.1) is 0 Å². The molecule has 0 atom stereocenters. The Bertz CT molecular complexity index is 1410. The molecule has 1 aliphatic carbocycles. The normalized spacial score (nSPS) is 13.8. The molecule has 0 spiro atoms. The van der Waals surface area contributed by atoms with Gasteiger partial charge in [-0.2, -0.15) is 0 Å². The summed E-state index contributed by atoms with van der Waals surface area (Å²) in [7, 11) is 0. The maximum Gasteiger partial charge on any atom is 0.126 e. The van der Waals surface area contributed by atoms with Gasteiger partial charge in [-0.05, 0) is 98.3 Å². The zero-order valence-electron chi connectivity index (χ0n) is 22.3. The summed E-state index contributed by atoms with van der Waals surface area (Å²) >= 11 is 0. The molecule has 4 aromatic carbocycles. The lowest BCUT2D eigenvalue weighted by atomic mass is 9.67. The number of rotatable bonds is 6. The minimum Gasteiger partial charge on any atom is -0.488 e. The van der Waals surface area contributed by atoms with E-state index in [1.54, 1.807) is 18.4 Å². The fraction of sp³-hybridized carbons (Fsp3) is 0.200. The Balaban J connectivity index is 1.76. The van der Waals surface area contributed by atoms with Crippen LogP contribution in [0.15, 0.2) is 110 Å². The SMILES string of the molecule is C=CC=COc1ccc(C2(c3ccc(OC(C)(C)C)cc3)c3cc(C)ccc3-c3ccc(C)cc32)cc1. The van der Waals surface area contributed by atoms with Crippen LogP contribution in [-0.2, 0) is 5.41 Å². The molecule has 4 aromatic rings. The van der Waals surface area contributed by atoms with E-state index in [-0.39, 0.29) is 5.60 Å². The first-order valence-electron chi connectivity index (χ1n) is 12.8. The van der Waals surface area contributed by atoms with Gasteiger partial charge < -0.3 is 9.47 Å². The van der Waals surface area contributed by atoms with Crippen molar-refractivity contribution in [1.82, 2.24) is 0 Å². The van der Waals surface area contributed by atoms with Crippen molar-refractivity contribution >= 4 is 0 Å². The Hall–Kier alpha value is -4.04. The summed E-state index contributed by atoms with van der Waals surface area (Å²) in [5.74, 6) is 1.66. The summed E-state index contributed by atoms with van der Waals surface area (Å²) in [6, 6.07) is 30.8. The van der Waals surface area contributed by atoms with Gasteiger partial charge in [0.25, 0.3) is 0 Å². The van der Waals surface area contributed by atoms with Crippen molar-refractivity contribution in [2.24, 2.45) is 0 Å². The average molecular weight is 487 g/mol. The second-order valence-electron chi connectivity index (χ2n) is 10.8. The topological polar surface area (TPSA) is 18.5 Å². The van der Waals surface area contributed by atoms with Gasteiger partial charge in [-0.3, -0.25) is 0 Å². The zero-order valence-corrected chi connectivity index (χ0v) is 22.3. The first kappa shape index (κ1) is 24.6. The highest BCUT2D eigenvalue weighted by molar-refractivity contribution is 5.86. The summed E-state index contributed by atoms with van der Waals surface area (Å²) in [6.07, 6.45) is 5.14. The van der Waals surface area contributed by atoms with E-state index in [1.807, 2.05) is 12.1 Å². The number of benzene rings is 4. The van der Waals surface area contributed by atoms with E-state index in [4.69, 9.17) is 9.47 Å². The molecule has 0 amide bonds. The van der Waals surface area contributed by atoms with Crippen LogP contribution in [0.25, 0.3) is 11.1 Å². The van der Waals surface area contributed by atoms with Crippen LogP contribution in [0.2, 0.25) is 0 Å². The van der Waals surface area contributed by atoms with E-state index >= 15 is 0 Å². The number of ether oxygens (including phenoxy) is 2. The number of allylic oxidation sites excluding steroid dienone is 2. The van der Waals surface area contributed by atoms with E-state index in [9.17, 15) is 0 Å². The first-order chi connectivity index (χ1) is 17.7. The molecular formula is C35H34O2. The standard InChI is InChI=1S/C35H34O2/c1-7-8-21-36-28-15-11-26(12-16-28)35(27-13-17-29(18-14-27)37-34(4,5)6)32-22-24(2)9-19-30(32)31-20-10-25(3)23-33(31)35/h7-23H,1H2,2-6H3. The molecule has 0 bridgehead atoms. The molecule has 0 radical (unpaired) electrons. The summed E-state index contributed by atoms with van der Waals surface area (Å²) in [5.41, 5.74) is 9.36. The fourth-order valence-corrected chi connectivity index (χ4v) is 5.42. The van der Waals surface area contributed by atoms with Crippen molar-refractivity contribution < 1.29 is 9.47 Å². The zero-order chi connectivity index (χ0) is 26.2. The first-order valence-corrected chi connectivity index (χ1v) is 12.8. The van der Waals surface area contributed by atoms with Gasteiger partial charge in [0.05, 0.1) is 11.7 Å². The van der Waals surface area contributed by atoms with Gasteiger partial charge in [0.1, 0.15) is 17.1 Å². The molecule has 5 rings (SSSR count). The molecular weight excluding hydrogens is 452 g/mol. The van der Waals surface area contributed by atoms with Crippen LogP contribution in [0.5, 0.6) is 11.5 Å². The van der Waals surface area contributed by atoms with E-state index in [2.05, 4.69) is 114 Å². The van der Waals surface area contributed by atoms with E-state index in [0.29, 0.717) is 0 Å². The second-order valence-corrected chi connectivity index (χ2v) is 10.8. The number of fused-ring (bicyclic) bond motifs is 3. The smallest absolute Gasteiger partial charge is 0.126 e. The Labute approximate surface area is 220 Å². The molecule has 0 heterocycles. The van der Waals surface area contributed by atoms with Crippen LogP contribution >= 0.6 is 0 Å². The van der Waals surface area contributed by atoms with Gasteiger partial charge in [0.2, 0.25) is 0 Å². The summed E-state index contributed by atoms with van der Waals surface area (Å²) in [5, 5.41) is 0. The molecule has 0 unspecified atom stereocenters. The molecule has 0 saturated carbocycles. The van der Waals surface area contributed by atoms with E-state index in [1.165, 1.54) is 44.5 Å². The van der Waals surface area contributed by atoms with Crippen LogP contribution in [0.1, 0.15) is 54.2 Å². The molecule has 0 fully saturated rings. The molecule has 2 heteroatoms. The lowest BCUT2D eigenvalue weighted by molar-refractivity contribution is 0.131. The predicted molar refractivity (Wildman–Crippen MR) is 154 cm³/mol. The minimum atomic E-state index is -0.460. The highest BCUT2D eigenvalue weighted by Gasteiger charge is 2.46. The summed E-state index contributed by atoms with van der Waals surface area (Å²) in [4.78, 5) is 0. The number of hydrogen-bond acceptors (Lipinski definition) is 2. The highest BCUT2D eigenvalue weighted by atomic mass is 16.5. The van der Waals surface area contributed by atoms with Crippen molar-refractivity contribution in [2.75, 3.05) is 0 Å². The van der Waals surface area contributed by atoms with Gasteiger partial charge >= 0.3 is 0 Å². The van der Waals surface area contributed by atoms with Crippen LogP contribution in [0.3, 0.4) is 0 Å². The molecule has 0 aromatic heterocycles. The maximum atomic E-state index is 6.17. The maximum absolute atomic E-state index is 6.17. The third-order valence-electron chi connectivity index (χ3n) is 6.87. The minimum absolute atomic E-state index is 0.254. The average Bonchev–Trinajstić information content (AvgIpc) is 3.13. The molecule has 186 valence electrons. The van der Waals surface area contributed by atoms with E-state index < -0.39 is 5.41 Å². The number of aryl methyl sites for hydroxylation is 2. The van der Waals surface area contributed by atoms with Gasteiger partial charge in [0.15, 0.2) is 0 Å². The Kier molecular flexibility index (Phi) is 6.29. The van der Waals surface area contributed by atoms with Crippen LogP contribution in [0.4, 0.5) is 0 Å². The summed E-state index contributed by atoms with van der Waals surface area (Å²) < 4.78 is 11.9. The van der Waals surface area contributed by atoms with Gasteiger partial charge in [-0.1, -0.05) is 84.4 Å². The largest absolute Gasteiger partial charge is 0.488 e. The number of hydrogen-bond donors (Lipinski definition) is 0. The van der Waals surface area contributed by atoms with Crippen molar-refractivity contribution in [3.63, 3.8) is 0 Å². The van der Waals surface area contributed by atoms with Gasteiger partial charge in [0, 0.05) is 0 Å². The van der Waals surface area contributed by atoms with Gasteiger partial charge in [-0.25, -0.2) is 0 Å². The van der Waals surface area contributed by atoms with Crippen molar-refractivity contribution in [3.8, 4) is 22.6 Å². The molecule has 0 saturated heterocycles. The van der Waals surface area contributed by atoms with Crippen molar-refractivity contribution in [3.05, 3.63) is 143 Å². The lowest BCUT2D eigenvalue weighted by Gasteiger charge is -2.34. The highest BCUT2D eigenvalue weighted by Crippen LogP contribution is 2.56. The Morgan fingerprint density at radius 2 is 1.16 bits per heavy atom. The third-order valence-corrected chi connectivity index (χ3v) is 6.87. The van der Waals surface area contributed by atoms with Crippen LogP contribution < -0.4 is 9.47 Å². The molecule has 37 heavy (non-hydrogen) atoms. The molecule has 0 N–H and O–H groups in total. The quantitative estimate of drug-likeness (QED) is 0.176. The monoisotopic (exact) mass is 486 g/mol. The Morgan fingerprint density at radius 1 is 0.676 bits per heavy atom. The van der Waals surface area contributed by atoms with Crippen molar-refractivity contribution in [2.45, 2.75) is 45.6 Å². The summed E-state index contributed by atoms with van der Waals surface area (Å²) in [6.45, 7) is 14.3. The molecule has 2 nitrogen and oxygen atoms in total. The van der Waals surface area contributed by atoms with Crippen LogP contribution in [0, 0.1) is 13.8 Å². The predicted octanol–water partition coefficient (Wildman–Crippen LogP) is 8.92. The fourth-order valence-electron chi connectivity index (χ4n) is 5.42.